The smallest absolute Gasteiger partial charge is 0.0842 e. The summed E-state index contributed by atoms with van der Waals surface area (Å²) < 4.78 is 4.92. The summed E-state index contributed by atoms with van der Waals surface area (Å²) in [6.45, 7) is 6.40. The molecule has 3 heterocycles. The van der Waals surface area contributed by atoms with E-state index in [1.807, 2.05) is 28.9 Å². The molecule has 1 atom stereocenters. The van der Waals surface area contributed by atoms with Crippen molar-refractivity contribution in [3.63, 3.8) is 0 Å². The average Bonchev–Trinajstić information content (AvgIpc) is 3.16. The summed E-state index contributed by atoms with van der Waals surface area (Å²) in [5.74, 6) is 0. The molecular formula is C16H21N3S2. The van der Waals surface area contributed by atoms with Crippen LogP contribution in [0.15, 0.2) is 29.8 Å². The van der Waals surface area contributed by atoms with Crippen LogP contribution in [0, 0.1) is 0 Å². The minimum absolute atomic E-state index is 0.253. The Hall–Kier alpha value is -1.17. The second-order valence-corrected chi connectivity index (χ2v) is 7.23. The molecule has 1 N–H and O–H groups in total. The first-order chi connectivity index (χ1) is 10.3. The van der Waals surface area contributed by atoms with Crippen LogP contribution in [0.5, 0.6) is 0 Å². The first-order valence-electron chi connectivity index (χ1n) is 7.55. The van der Waals surface area contributed by atoms with Crippen LogP contribution in [0.3, 0.4) is 0 Å². The zero-order valence-electron chi connectivity index (χ0n) is 12.5. The summed E-state index contributed by atoms with van der Waals surface area (Å²) in [6, 6.07) is 6.95. The summed E-state index contributed by atoms with van der Waals surface area (Å²) in [5, 5.41) is 10.3. The first-order valence-corrected chi connectivity index (χ1v) is 9.25. The molecule has 0 amide bonds. The van der Waals surface area contributed by atoms with Crippen LogP contribution in [0.4, 0.5) is 0 Å². The maximum atomic E-state index is 4.49. The Labute approximate surface area is 133 Å². The number of aromatic nitrogens is 2. The van der Waals surface area contributed by atoms with E-state index in [0.29, 0.717) is 0 Å². The molecule has 3 aromatic heterocycles. The number of aryl methyl sites for hydroxylation is 1. The third kappa shape index (κ3) is 3.05. The number of hydrogen-bond donors (Lipinski definition) is 1. The van der Waals surface area contributed by atoms with E-state index in [4.69, 9.17) is 0 Å². The molecular weight excluding hydrogens is 298 g/mol. The monoisotopic (exact) mass is 319 g/mol. The van der Waals surface area contributed by atoms with Crippen LogP contribution >= 0.6 is 22.7 Å². The van der Waals surface area contributed by atoms with Crippen molar-refractivity contribution in [2.75, 3.05) is 6.54 Å². The van der Waals surface area contributed by atoms with Crippen LogP contribution in [-0.4, -0.2) is 16.3 Å². The lowest BCUT2D eigenvalue weighted by Crippen LogP contribution is -2.25. The standard InChI is InChI=1S/C16H21N3S2/c1-3-7-17-16(12-5-8-18-19(12)9-4-2)15-11-14-13(21-15)6-10-20-14/h5-6,8,10-11,16-17H,3-4,7,9H2,1-2H3. The molecule has 0 spiro atoms. The third-order valence-corrected chi connectivity index (χ3v) is 5.68. The van der Waals surface area contributed by atoms with Crippen LogP contribution < -0.4 is 5.32 Å². The summed E-state index contributed by atoms with van der Waals surface area (Å²) in [5.41, 5.74) is 1.28. The summed E-state index contributed by atoms with van der Waals surface area (Å²) in [4.78, 5) is 1.39. The SMILES string of the molecule is CCCNC(c1cc2sccc2s1)c1ccnn1CCC. The van der Waals surface area contributed by atoms with Crippen molar-refractivity contribution in [3.8, 4) is 0 Å². The minimum atomic E-state index is 0.253. The Bertz CT molecular complexity index is 667. The lowest BCUT2D eigenvalue weighted by molar-refractivity contribution is 0.515. The molecule has 0 aromatic carbocycles. The summed E-state index contributed by atoms with van der Waals surface area (Å²) in [6.07, 6.45) is 4.16. The van der Waals surface area contributed by atoms with E-state index in [1.165, 1.54) is 20.0 Å². The molecule has 3 aromatic rings. The van der Waals surface area contributed by atoms with E-state index in [1.54, 1.807) is 0 Å². The van der Waals surface area contributed by atoms with Gasteiger partial charge in [-0.05, 0) is 43.0 Å². The second kappa shape index (κ2) is 6.73. The number of hydrogen-bond acceptors (Lipinski definition) is 4. The number of thiophene rings is 2. The van der Waals surface area contributed by atoms with E-state index >= 15 is 0 Å². The van der Waals surface area contributed by atoms with Crippen LogP contribution in [0.1, 0.15) is 43.3 Å². The highest BCUT2D eigenvalue weighted by Gasteiger charge is 2.20. The zero-order chi connectivity index (χ0) is 14.7. The normalized spacial score (nSPS) is 13.0. The van der Waals surface area contributed by atoms with E-state index in [-0.39, 0.29) is 6.04 Å². The van der Waals surface area contributed by atoms with Crippen LogP contribution in [-0.2, 0) is 6.54 Å². The Balaban J connectivity index is 1.96. The Morgan fingerprint density at radius 1 is 1.24 bits per heavy atom. The van der Waals surface area contributed by atoms with Crippen LogP contribution in [0.25, 0.3) is 9.40 Å². The van der Waals surface area contributed by atoms with Gasteiger partial charge in [0.2, 0.25) is 0 Å². The maximum absolute atomic E-state index is 4.49. The van der Waals surface area contributed by atoms with Crippen molar-refractivity contribution in [2.45, 2.75) is 39.3 Å². The van der Waals surface area contributed by atoms with Crippen LogP contribution in [0.2, 0.25) is 0 Å². The van der Waals surface area contributed by atoms with Gasteiger partial charge in [0.25, 0.3) is 0 Å². The summed E-state index contributed by atoms with van der Waals surface area (Å²) in [7, 11) is 0. The van der Waals surface area contributed by atoms with Crippen molar-refractivity contribution in [3.05, 3.63) is 40.3 Å². The van der Waals surface area contributed by atoms with Gasteiger partial charge in [-0.1, -0.05) is 13.8 Å². The van der Waals surface area contributed by atoms with Gasteiger partial charge in [0.15, 0.2) is 0 Å². The van der Waals surface area contributed by atoms with Crippen molar-refractivity contribution >= 4 is 32.1 Å². The Morgan fingerprint density at radius 3 is 2.90 bits per heavy atom. The van der Waals surface area contributed by atoms with Crippen molar-refractivity contribution < 1.29 is 0 Å². The molecule has 5 heteroatoms. The zero-order valence-corrected chi connectivity index (χ0v) is 14.1. The molecule has 3 nitrogen and oxygen atoms in total. The van der Waals surface area contributed by atoms with Gasteiger partial charge >= 0.3 is 0 Å². The third-order valence-electron chi connectivity index (χ3n) is 3.52. The molecule has 0 saturated heterocycles. The van der Waals surface area contributed by atoms with Gasteiger partial charge < -0.3 is 5.32 Å². The maximum Gasteiger partial charge on any atom is 0.0842 e. The highest BCUT2D eigenvalue weighted by Crippen LogP contribution is 2.35. The summed E-state index contributed by atoms with van der Waals surface area (Å²) >= 11 is 3.72. The fraction of sp³-hybridized carbons (Fsp3) is 0.438. The van der Waals surface area contributed by atoms with Gasteiger partial charge in [-0.2, -0.15) is 5.10 Å². The predicted molar refractivity (Wildman–Crippen MR) is 92.4 cm³/mol. The molecule has 0 aliphatic rings. The van der Waals surface area contributed by atoms with E-state index in [2.05, 4.69) is 52.5 Å². The van der Waals surface area contributed by atoms with E-state index in [9.17, 15) is 0 Å². The fourth-order valence-corrected chi connectivity index (χ4v) is 4.76. The molecule has 21 heavy (non-hydrogen) atoms. The Morgan fingerprint density at radius 2 is 2.14 bits per heavy atom. The van der Waals surface area contributed by atoms with Gasteiger partial charge in [0.1, 0.15) is 0 Å². The first kappa shape index (κ1) is 14.8. The topological polar surface area (TPSA) is 29.9 Å². The molecule has 1 unspecified atom stereocenters. The van der Waals surface area contributed by atoms with Gasteiger partial charge in [-0.25, -0.2) is 0 Å². The fourth-order valence-electron chi connectivity index (χ4n) is 2.55. The largest absolute Gasteiger partial charge is 0.304 e. The van der Waals surface area contributed by atoms with E-state index < -0.39 is 0 Å². The molecule has 3 rings (SSSR count). The lowest BCUT2D eigenvalue weighted by Gasteiger charge is -2.18. The molecule has 0 radical (unpaired) electrons. The van der Waals surface area contributed by atoms with Gasteiger partial charge in [-0.3, -0.25) is 4.68 Å². The molecule has 0 aliphatic heterocycles. The lowest BCUT2D eigenvalue weighted by atomic mass is 10.1. The molecule has 0 bridgehead atoms. The number of rotatable bonds is 7. The average molecular weight is 319 g/mol. The van der Waals surface area contributed by atoms with Crippen molar-refractivity contribution in [2.24, 2.45) is 0 Å². The van der Waals surface area contributed by atoms with Crippen molar-refractivity contribution in [1.29, 1.82) is 0 Å². The number of nitrogens with zero attached hydrogens (tertiary/aromatic N) is 2. The molecule has 0 aliphatic carbocycles. The predicted octanol–water partition coefficient (Wildman–Crippen LogP) is 4.66. The highest BCUT2D eigenvalue weighted by molar-refractivity contribution is 7.27. The molecule has 0 saturated carbocycles. The highest BCUT2D eigenvalue weighted by atomic mass is 32.1. The number of fused-ring (bicyclic) bond motifs is 1. The van der Waals surface area contributed by atoms with Gasteiger partial charge in [-0.15, -0.1) is 22.7 Å². The van der Waals surface area contributed by atoms with Gasteiger partial charge in [0.05, 0.1) is 11.7 Å². The molecule has 0 fully saturated rings. The quantitative estimate of drug-likeness (QED) is 0.686. The second-order valence-electron chi connectivity index (χ2n) is 5.16. The Kier molecular flexibility index (Phi) is 4.73. The van der Waals surface area contributed by atoms with Gasteiger partial charge in [0, 0.05) is 27.0 Å². The minimum Gasteiger partial charge on any atom is -0.304 e. The van der Waals surface area contributed by atoms with Crippen molar-refractivity contribution in [1.82, 2.24) is 15.1 Å². The van der Waals surface area contributed by atoms with E-state index in [0.717, 1.165) is 25.9 Å². The molecule has 112 valence electrons. The number of nitrogens with one attached hydrogen (secondary N) is 1.